The highest BCUT2D eigenvalue weighted by Gasteiger charge is 2.25. The fourth-order valence-electron chi connectivity index (χ4n) is 2.66. The van der Waals surface area contributed by atoms with E-state index >= 15 is 0 Å². The van der Waals surface area contributed by atoms with E-state index in [-0.39, 0.29) is 5.91 Å². The number of nitrogens with zero attached hydrogens (tertiary/aromatic N) is 4. The molecule has 3 heterocycles. The van der Waals surface area contributed by atoms with Crippen LogP contribution in [0.1, 0.15) is 28.2 Å². The van der Waals surface area contributed by atoms with E-state index in [9.17, 15) is 4.79 Å². The van der Waals surface area contributed by atoms with E-state index in [4.69, 9.17) is 0 Å². The van der Waals surface area contributed by atoms with Crippen molar-refractivity contribution < 1.29 is 4.79 Å². The second kappa shape index (κ2) is 5.75. The Balaban J connectivity index is 1.56. The third-order valence-corrected chi connectivity index (χ3v) is 4.79. The van der Waals surface area contributed by atoms with E-state index in [1.165, 1.54) is 11.3 Å². The number of hydrogen-bond donors (Lipinski definition) is 0. The van der Waals surface area contributed by atoms with Crippen molar-refractivity contribution in [3.05, 3.63) is 34.8 Å². The van der Waals surface area contributed by atoms with Gasteiger partial charge in [-0.2, -0.15) is 0 Å². The number of rotatable bonds is 3. The summed E-state index contributed by atoms with van der Waals surface area (Å²) < 4.78 is 2.12. The highest BCUT2D eigenvalue weighted by Crippen LogP contribution is 2.22. The van der Waals surface area contributed by atoms with E-state index in [2.05, 4.69) is 14.5 Å². The molecule has 1 amide bonds. The van der Waals surface area contributed by atoms with Crippen molar-refractivity contribution in [3.63, 3.8) is 0 Å². The highest BCUT2D eigenvalue weighted by atomic mass is 32.1. The molecule has 106 valence electrons. The quantitative estimate of drug-likeness (QED) is 0.871. The van der Waals surface area contributed by atoms with Gasteiger partial charge < -0.3 is 9.47 Å². The molecule has 2 aromatic heterocycles. The third kappa shape index (κ3) is 2.75. The van der Waals surface area contributed by atoms with Crippen LogP contribution >= 0.6 is 11.3 Å². The summed E-state index contributed by atoms with van der Waals surface area (Å²) in [4.78, 5) is 23.4. The lowest BCUT2D eigenvalue weighted by molar-refractivity contribution is 0.0687. The Kier molecular flexibility index (Phi) is 3.82. The standard InChI is InChI=1S/C14H18N4OS/c1-11-13(20-10-16-11)14(19)18-5-2-12(3-6-18)8-17-7-4-15-9-17/h4,7,9-10,12H,2-3,5-6,8H2,1H3. The maximum Gasteiger partial charge on any atom is 0.265 e. The van der Waals surface area contributed by atoms with Gasteiger partial charge in [0.25, 0.3) is 5.91 Å². The van der Waals surface area contributed by atoms with E-state index in [0.29, 0.717) is 5.92 Å². The number of thiazole rings is 1. The second-order valence-corrected chi connectivity index (χ2v) is 6.12. The van der Waals surface area contributed by atoms with Gasteiger partial charge in [0.1, 0.15) is 4.88 Å². The Hall–Kier alpha value is -1.69. The molecule has 0 unspecified atom stereocenters. The van der Waals surface area contributed by atoms with Gasteiger partial charge in [-0.15, -0.1) is 11.3 Å². The molecular formula is C14H18N4OS. The number of hydrogen-bond acceptors (Lipinski definition) is 4. The summed E-state index contributed by atoms with van der Waals surface area (Å²) in [7, 11) is 0. The molecule has 0 radical (unpaired) electrons. The number of amides is 1. The van der Waals surface area contributed by atoms with Crippen LogP contribution < -0.4 is 0 Å². The Labute approximate surface area is 122 Å². The van der Waals surface area contributed by atoms with Gasteiger partial charge >= 0.3 is 0 Å². The van der Waals surface area contributed by atoms with Crippen LogP contribution in [0.2, 0.25) is 0 Å². The molecule has 2 aromatic rings. The number of imidazole rings is 1. The molecule has 0 aliphatic carbocycles. The van der Waals surface area contributed by atoms with Gasteiger partial charge in [0, 0.05) is 32.0 Å². The average molecular weight is 290 g/mol. The number of likely N-dealkylation sites (tertiary alicyclic amines) is 1. The first kappa shape index (κ1) is 13.3. The predicted octanol–water partition coefficient (Wildman–Crippen LogP) is 2.20. The number of piperidine rings is 1. The molecule has 1 fully saturated rings. The first-order valence-electron chi connectivity index (χ1n) is 6.89. The third-order valence-electron chi connectivity index (χ3n) is 3.87. The van der Waals surface area contributed by atoms with Gasteiger partial charge in [-0.3, -0.25) is 4.79 Å². The molecule has 3 rings (SSSR count). The Morgan fingerprint density at radius 1 is 1.45 bits per heavy atom. The lowest BCUT2D eigenvalue weighted by atomic mass is 9.96. The largest absolute Gasteiger partial charge is 0.338 e. The van der Waals surface area contributed by atoms with Gasteiger partial charge in [0.2, 0.25) is 0 Å². The number of aryl methyl sites for hydroxylation is 1. The van der Waals surface area contributed by atoms with E-state index in [0.717, 1.165) is 43.0 Å². The van der Waals surface area contributed by atoms with Gasteiger partial charge in [0.05, 0.1) is 17.5 Å². The summed E-state index contributed by atoms with van der Waals surface area (Å²) in [6.07, 6.45) is 7.78. The molecule has 20 heavy (non-hydrogen) atoms. The molecule has 1 saturated heterocycles. The van der Waals surface area contributed by atoms with Crippen LogP contribution in [0.15, 0.2) is 24.2 Å². The predicted molar refractivity (Wildman–Crippen MR) is 77.7 cm³/mol. The zero-order valence-electron chi connectivity index (χ0n) is 11.5. The van der Waals surface area contributed by atoms with Crippen LogP contribution in [0.5, 0.6) is 0 Å². The van der Waals surface area contributed by atoms with E-state index in [1.807, 2.05) is 30.5 Å². The first-order valence-corrected chi connectivity index (χ1v) is 7.77. The van der Waals surface area contributed by atoms with Crippen molar-refractivity contribution in [2.75, 3.05) is 13.1 Å². The van der Waals surface area contributed by atoms with Crippen molar-refractivity contribution in [2.24, 2.45) is 5.92 Å². The second-order valence-electron chi connectivity index (χ2n) is 5.26. The molecule has 0 bridgehead atoms. The van der Waals surface area contributed by atoms with Crippen LogP contribution in [0.3, 0.4) is 0 Å². The Bertz CT molecular complexity index is 570. The Morgan fingerprint density at radius 3 is 2.85 bits per heavy atom. The summed E-state index contributed by atoms with van der Waals surface area (Å²) in [6.45, 7) is 4.59. The van der Waals surface area contributed by atoms with Crippen molar-refractivity contribution in [3.8, 4) is 0 Å². The van der Waals surface area contributed by atoms with Gasteiger partial charge in [-0.05, 0) is 25.7 Å². The molecule has 0 aromatic carbocycles. The lowest BCUT2D eigenvalue weighted by Crippen LogP contribution is -2.39. The maximum atomic E-state index is 12.4. The summed E-state index contributed by atoms with van der Waals surface area (Å²) in [5.41, 5.74) is 2.59. The zero-order valence-corrected chi connectivity index (χ0v) is 12.3. The summed E-state index contributed by atoms with van der Waals surface area (Å²) >= 11 is 1.44. The molecule has 0 N–H and O–H groups in total. The van der Waals surface area contributed by atoms with E-state index < -0.39 is 0 Å². The average Bonchev–Trinajstić information content (AvgIpc) is 3.10. The number of carbonyl (C=O) groups excluding carboxylic acids is 1. The molecule has 1 aliphatic rings. The SMILES string of the molecule is Cc1ncsc1C(=O)N1CCC(Cn2ccnc2)CC1. The minimum Gasteiger partial charge on any atom is -0.338 e. The molecule has 0 atom stereocenters. The van der Waals surface area contributed by atoms with Crippen LogP contribution in [0, 0.1) is 12.8 Å². The monoisotopic (exact) mass is 290 g/mol. The summed E-state index contributed by atoms with van der Waals surface area (Å²) in [5.74, 6) is 0.780. The topological polar surface area (TPSA) is 51.0 Å². The van der Waals surface area contributed by atoms with Gasteiger partial charge in [0.15, 0.2) is 0 Å². The molecule has 0 saturated carbocycles. The van der Waals surface area contributed by atoms with Crippen LogP contribution in [-0.2, 0) is 6.54 Å². The molecule has 5 nitrogen and oxygen atoms in total. The van der Waals surface area contributed by atoms with Crippen LogP contribution in [-0.4, -0.2) is 38.4 Å². The van der Waals surface area contributed by atoms with Gasteiger partial charge in [-0.25, -0.2) is 9.97 Å². The molecular weight excluding hydrogens is 272 g/mol. The minimum atomic E-state index is 0.145. The number of aromatic nitrogens is 3. The van der Waals surface area contributed by atoms with E-state index in [1.54, 1.807) is 5.51 Å². The minimum absolute atomic E-state index is 0.145. The fourth-order valence-corrected chi connectivity index (χ4v) is 3.43. The summed E-state index contributed by atoms with van der Waals surface area (Å²) in [5, 5.41) is 0. The zero-order chi connectivity index (χ0) is 13.9. The first-order chi connectivity index (χ1) is 9.74. The maximum absolute atomic E-state index is 12.4. The fraction of sp³-hybridized carbons (Fsp3) is 0.500. The Morgan fingerprint density at radius 2 is 2.25 bits per heavy atom. The lowest BCUT2D eigenvalue weighted by Gasteiger charge is -2.32. The van der Waals surface area contributed by atoms with Crippen LogP contribution in [0.25, 0.3) is 0 Å². The van der Waals surface area contributed by atoms with Crippen molar-refractivity contribution in [2.45, 2.75) is 26.3 Å². The van der Waals surface area contributed by atoms with Gasteiger partial charge in [-0.1, -0.05) is 0 Å². The van der Waals surface area contributed by atoms with Crippen LogP contribution in [0.4, 0.5) is 0 Å². The molecule has 0 spiro atoms. The highest BCUT2D eigenvalue weighted by molar-refractivity contribution is 7.11. The number of carbonyl (C=O) groups is 1. The van der Waals surface area contributed by atoms with Crippen molar-refractivity contribution >= 4 is 17.2 Å². The summed E-state index contributed by atoms with van der Waals surface area (Å²) in [6, 6.07) is 0. The van der Waals surface area contributed by atoms with Crippen molar-refractivity contribution in [1.29, 1.82) is 0 Å². The van der Waals surface area contributed by atoms with Crippen molar-refractivity contribution in [1.82, 2.24) is 19.4 Å². The smallest absolute Gasteiger partial charge is 0.265 e. The molecule has 1 aliphatic heterocycles. The molecule has 6 heteroatoms. The normalized spacial score (nSPS) is 16.6.